The van der Waals surface area contributed by atoms with E-state index in [1.165, 1.54) is 37.3 Å². The third kappa shape index (κ3) is 11.5. The number of aromatic hydroxyl groups is 2. The average molecular weight is 486 g/mol. The standard InChI is InChI=1S/C23H33ClN2O2.BrH/c24-21-10-7-19(8-11-21)6-5-16-25-14-3-1-2-4-15-26-17-13-20-9-12-22(27)23(28)18-20;/h7-12,18,25-28H,1-6,13-17H2;1H. The van der Waals surface area contributed by atoms with E-state index >= 15 is 0 Å². The summed E-state index contributed by atoms with van der Waals surface area (Å²) in [5, 5.41) is 26.5. The molecular weight excluding hydrogens is 452 g/mol. The van der Waals surface area contributed by atoms with Gasteiger partial charge in [0.15, 0.2) is 11.5 Å². The summed E-state index contributed by atoms with van der Waals surface area (Å²) in [4.78, 5) is 0. The molecular formula is C23H34BrClN2O2. The number of rotatable bonds is 14. The van der Waals surface area contributed by atoms with Gasteiger partial charge in [-0.25, -0.2) is 0 Å². The molecule has 2 rings (SSSR count). The lowest BCUT2D eigenvalue weighted by atomic mass is 10.1. The second kappa shape index (κ2) is 15.6. The number of nitrogens with one attached hydrogen (secondary N) is 2. The maximum atomic E-state index is 9.47. The zero-order chi connectivity index (χ0) is 20.0. The molecule has 0 aromatic heterocycles. The number of aryl methyl sites for hydroxylation is 1. The second-order valence-corrected chi connectivity index (χ2v) is 7.65. The minimum atomic E-state index is -0.0623. The van der Waals surface area contributed by atoms with Crippen molar-refractivity contribution in [3.63, 3.8) is 0 Å². The van der Waals surface area contributed by atoms with Crippen LogP contribution in [0.2, 0.25) is 5.02 Å². The molecule has 0 aliphatic heterocycles. The summed E-state index contributed by atoms with van der Waals surface area (Å²) in [6.45, 7) is 4.08. The van der Waals surface area contributed by atoms with Gasteiger partial charge in [0.2, 0.25) is 0 Å². The summed E-state index contributed by atoms with van der Waals surface area (Å²) in [6.07, 6.45) is 8.04. The summed E-state index contributed by atoms with van der Waals surface area (Å²) in [5.41, 5.74) is 2.38. The van der Waals surface area contributed by atoms with Gasteiger partial charge in [-0.1, -0.05) is 42.6 Å². The van der Waals surface area contributed by atoms with E-state index in [-0.39, 0.29) is 28.5 Å². The molecule has 4 nitrogen and oxygen atoms in total. The molecule has 0 atom stereocenters. The van der Waals surface area contributed by atoms with Crippen molar-refractivity contribution in [2.45, 2.75) is 44.9 Å². The molecule has 2 aromatic carbocycles. The molecule has 0 radical (unpaired) electrons. The maximum absolute atomic E-state index is 9.47. The average Bonchev–Trinajstić information content (AvgIpc) is 2.69. The Kier molecular flexibility index (Phi) is 13.8. The monoisotopic (exact) mass is 484 g/mol. The van der Waals surface area contributed by atoms with E-state index in [2.05, 4.69) is 22.8 Å². The van der Waals surface area contributed by atoms with Crippen LogP contribution in [-0.4, -0.2) is 36.4 Å². The fourth-order valence-electron chi connectivity index (χ4n) is 3.13. The number of unbranched alkanes of at least 4 members (excludes halogenated alkanes) is 3. The van der Waals surface area contributed by atoms with Gasteiger partial charge in [0.25, 0.3) is 0 Å². The van der Waals surface area contributed by atoms with E-state index < -0.39 is 0 Å². The first-order valence-corrected chi connectivity index (χ1v) is 10.7. The fourth-order valence-corrected chi connectivity index (χ4v) is 3.26. The zero-order valence-corrected chi connectivity index (χ0v) is 19.5. The van der Waals surface area contributed by atoms with Gasteiger partial charge in [-0.2, -0.15) is 0 Å². The Labute approximate surface area is 190 Å². The van der Waals surface area contributed by atoms with Gasteiger partial charge in [-0.3, -0.25) is 0 Å². The van der Waals surface area contributed by atoms with Crippen molar-refractivity contribution in [1.29, 1.82) is 0 Å². The van der Waals surface area contributed by atoms with Gasteiger partial charge in [0, 0.05) is 5.02 Å². The van der Waals surface area contributed by atoms with Crippen molar-refractivity contribution in [2.24, 2.45) is 0 Å². The largest absolute Gasteiger partial charge is 0.504 e. The Morgan fingerprint density at radius 2 is 1.21 bits per heavy atom. The summed E-state index contributed by atoms with van der Waals surface area (Å²) < 4.78 is 0. The Hall–Kier alpha value is -1.27. The van der Waals surface area contributed by atoms with Crippen molar-refractivity contribution >= 4 is 28.6 Å². The van der Waals surface area contributed by atoms with Crippen LogP contribution in [-0.2, 0) is 12.8 Å². The van der Waals surface area contributed by atoms with Crippen LogP contribution in [0.5, 0.6) is 11.5 Å². The third-order valence-corrected chi connectivity index (χ3v) is 5.07. The molecule has 0 bridgehead atoms. The highest BCUT2D eigenvalue weighted by atomic mass is 79.9. The van der Waals surface area contributed by atoms with Crippen LogP contribution < -0.4 is 10.6 Å². The van der Waals surface area contributed by atoms with Gasteiger partial charge in [0.05, 0.1) is 0 Å². The Morgan fingerprint density at radius 3 is 1.86 bits per heavy atom. The first-order chi connectivity index (χ1) is 13.6. The molecule has 0 heterocycles. The summed E-state index contributed by atoms with van der Waals surface area (Å²) >= 11 is 5.89. The van der Waals surface area contributed by atoms with Crippen LogP contribution in [0.3, 0.4) is 0 Å². The van der Waals surface area contributed by atoms with E-state index in [0.717, 1.165) is 56.0 Å². The van der Waals surface area contributed by atoms with Gasteiger partial charge in [-0.15, -0.1) is 17.0 Å². The molecule has 0 saturated heterocycles. The highest BCUT2D eigenvalue weighted by Gasteiger charge is 2.00. The Balaban J connectivity index is 0.00000420. The normalized spacial score (nSPS) is 10.7. The lowest BCUT2D eigenvalue weighted by Gasteiger charge is -2.07. The van der Waals surface area contributed by atoms with Crippen molar-refractivity contribution < 1.29 is 10.2 Å². The molecule has 0 aliphatic rings. The van der Waals surface area contributed by atoms with Gasteiger partial charge < -0.3 is 20.8 Å². The van der Waals surface area contributed by atoms with Gasteiger partial charge >= 0.3 is 0 Å². The minimum absolute atomic E-state index is 0. The highest BCUT2D eigenvalue weighted by molar-refractivity contribution is 8.93. The van der Waals surface area contributed by atoms with Crippen LogP contribution in [0.4, 0.5) is 0 Å². The fraction of sp³-hybridized carbons (Fsp3) is 0.478. The van der Waals surface area contributed by atoms with E-state index in [1.54, 1.807) is 6.07 Å². The van der Waals surface area contributed by atoms with Crippen molar-refractivity contribution in [1.82, 2.24) is 10.6 Å². The van der Waals surface area contributed by atoms with Gasteiger partial charge in [-0.05, 0) is 93.7 Å². The molecule has 162 valence electrons. The second-order valence-electron chi connectivity index (χ2n) is 7.22. The van der Waals surface area contributed by atoms with Crippen molar-refractivity contribution in [2.75, 3.05) is 26.2 Å². The predicted molar refractivity (Wildman–Crippen MR) is 128 cm³/mol. The molecule has 2 aromatic rings. The summed E-state index contributed by atoms with van der Waals surface area (Å²) in [6, 6.07) is 13.1. The number of hydrogen-bond donors (Lipinski definition) is 4. The van der Waals surface area contributed by atoms with Crippen LogP contribution >= 0.6 is 28.6 Å². The van der Waals surface area contributed by atoms with Crippen LogP contribution in [0, 0.1) is 0 Å². The van der Waals surface area contributed by atoms with Gasteiger partial charge in [0.1, 0.15) is 0 Å². The number of phenols is 2. The molecule has 0 fully saturated rings. The smallest absolute Gasteiger partial charge is 0.157 e. The molecule has 4 N–H and O–H groups in total. The molecule has 0 saturated carbocycles. The lowest BCUT2D eigenvalue weighted by molar-refractivity contribution is 0.403. The maximum Gasteiger partial charge on any atom is 0.157 e. The predicted octanol–water partition coefficient (Wildman–Crippen LogP) is 5.24. The molecule has 0 spiro atoms. The highest BCUT2D eigenvalue weighted by Crippen LogP contribution is 2.24. The zero-order valence-electron chi connectivity index (χ0n) is 17.0. The first-order valence-electron chi connectivity index (χ1n) is 10.3. The number of phenolic OH excluding ortho intramolecular Hbond substituents is 2. The van der Waals surface area contributed by atoms with E-state index in [1.807, 2.05) is 18.2 Å². The number of benzene rings is 2. The topological polar surface area (TPSA) is 64.5 Å². The van der Waals surface area contributed by atoms with E-state index in [9.17, 15) is 10.2 Å². The Morgan fingerprint density at radius 1 is 0.621 bits per heavy atom. The molecule has 0 unspecified atom stereocenters. The molecule has 0 aliphatic carbocycles. The number of halogens is 2. The third-order valence-electron chi connectivity index (χ3n) is 4.82. The first kappa shape index (κ1) is 25.8. The van der Waals surface area contributed by atoms with E-state index in [4.69, 9.17) is 11.6 Å². The Bertz CT molecular complexity index is 683. The van der Waals surface area contributed by atoms with Crippen molar-refractivity contribution in [3.05, 3.63) is 58.6 Å². The van der Waals surface area contributed by atoms with Crippen LogP contribution in [0.15, 0.2) is 42.5 Å². The van der Waals surface area contributed by atoms with E-state index in [0.29, 0.717) is 0 Å². The summed E-state index contributed by atoms with van der Waals surface area (Å²) in [5.74, 6) is -0.108. The lowest BCUT2D eigenvalue weighted by Crippen LogP contribution is -2.19. The molecule has 29 heavy (non-hydrogen) atoms. The molecule has 0 amide bonds. The minimum Gasteiger partial charge on any atom is -0.504 e. The molecule has 6 heteroatoms. The van der Waals surface area contributed by atoms with Crippen LogP contribution in [0.25, 0.3) is 0 Å². The summed E-state index contributed by atoms with van der Waals surface area (Å²) in [7, 11) is 0. The number of hydrogen-bond acceptors (Lipinski definition) is 4. The SMILES string of the molecule is Br.Oc1ccc(CCNCCCCCCNCCCc2ccc(Cl)cc2)cc1O. The van der Waals surface area contributed by atoms with Crippen molar-refractivity contribution in [3.8, 4) is 11.5 Å². The quantitative estimate of drug-likeness (QED) is 0.218. The van der Waals surface area contributed by atoms with Crippen LogP contribution in [0.1, 0.15) is 43.2 Å².